The van der Waals surface area contributed by atoms with Gasteiger partial charge in [-0.1, -0.05) is 62.4 Å². The Morgan fingerprint density at radius 2 is 1.59 bits per heavy atom. The molecule has 182 valence electrons. The lowest BCUT2D eigenvalue weighted by Gasteiger charge is -2.21. The van der Waals surface area contributed by atoms with Crippen LogP contribution in [0, 0.1) is 11.8 Å². The van der Waals surface area contributed by atoms with Gasteiger partial charge in [-0.25, -0.2) is 4.79 Å². The molecular weight excluding hydrogens is 436 g/mol. The molecule has 8 heteroatoms. The maximum absolute atomic E-state index is 12.6. The van der Waals surface area contributed by atoms with Crippen molar-refractivity contribution in [3.05, 3.63) is 59.7 Å². The van der Waals surface area contributed by atoms with Crippen LogP contribution in [0.5, 0.6) is 0 Å². The minimum atomic E-state index is -1.01. The SMILES string of the molecule is COC[C@H](NC(=O)OCC1c2ccccc2-c2ccccc21)C(=O)NCC(CC(C)C)C(=O)O. The van der Waals surface area contributed by atoms with Crippen LogP contribution in [0.3, 0.4) is 0 Å². The number of carboxylic acids is 1. The van der Waals surface area contributed by atoms with Crippen molar-refractivity contribution in [3.63, 3.8) is 0 Å². The van der Waals surface area contributed by atoms with Gasteiger partial charge in [-0.05, 0) is 34.6 Å². The van der Waals surface area contributed by atoms with Crippen molar-refractivity contribution in [1.29, 1.82) is 0 Å². The number of fused-ring (bicyclic) bond motifs is 3. The van der Waals surface area contributed by atoms with Crippen molar-refractivity contribution in [3.8, 4) is 11.1 Å². The second kappa shape index (κ2) is 11.7. The van der Waals surface area contributed by atoms with E-state index in [2.05, 4.69) is 22.8 Å². The second-order valence-corrected chi connectivity index (χ2v) is 8.89. The zero-order valence-electron chi connectivity index (χ0n) is 19.7. The lowest BCUT2D eigenvalue weighted by Crippen LogP contribution is -2.50. The number of hydrogen-bond donors (Lipinski definition) is 3. The fourth-order valence-corrected chi connectivity index (χ4v) is 4.32. The maximum Gasteiger partial charge on any atom is 0.407 e. The van der Waals surface area contributed by atoms with Gasteiger partial charge >= 0.3 is 12.1 Å². The van der Waals surface area contributed by atoms with E-state index in [0.717, 1.165) is 22.3 Å². The first-order valence-corrected chi connectivity index (χ1v) is 11.4. The van der Waals surface area contributed by atoms with Gasteiger partial charge in [0, 0.05) is 19.6 Å². The Labute approximate surface area is 199 Å². The molecule has 1 unspecified atom stereocenters. The van der Waals surface area contributed by atoms with E-state index in [0.29, 0.717) is 6.42 Å². The Morgan fingerprint density at radius 3 is 2.12 bits per heavy atom. The van der Waals surface area contributed by atoms with Crippen LogP contribution in [0.25, 0.3) is 11.1 Å². The van der Waals surface area contributed by atoms with Crippen LogP contribution in [0.1, 0.15) is 37.3 Å². The van der Waals surface area contributed by atoms with E-state index in [9.17, 15) is 19.5 Å². The molecule has 0 fully saturated rings. The molecule has 0 radical (unpaired) electrons. The smallest absolute Gasteiger partial charge is 0.407 e. The number of alkyl carbamates (subject to hydrolysis) is 1. The molecule has 0 saturated carbocycles. The first-order chi connectivity index (χ1) is 16.3. The number of methoxy groups -OCH3 is 1. The average molecular weight is 469 g/mol. The van der Waals surface area contributed by atoms with Gasteiger partial charge in [-0.2, -0.15) is 0 Å². The molecule has 34 heavy (non-hydrogen) atoms. The standard InChI is InChI=1S/C26H32N2O6/c1-16(2)12-17(25(30)31)13-27-24(29)23(15-33-3)28-26(32)34-14-22-20-10-6-4-8-18(20)19-9-5-7-11-21(19)22/h4-11,16-17,22-23H,12-15H2,1-3H3,(H,27,29)(H,28,32)(H,30,31)/t17?,23-/m0/s1. The molecule has 1 aliphatic carbocycles. The lowest BCUT2D eigenvalue weighted by molar-refractivity contribution is -0.142. The molecule has 2 aromatic carbocycles. The number of ether oxygens (including phenoxy) is 2. The number of nitrogens with one attached hydrogen (secondary N) is 2. The normalized spacial score (nSPS) is 14.1. The largest absolute Gasteiger partial charge is 0.481 e. The third kappa shape index (κ3) is 6.14. The van der Waals surface area contributed by atoms with E-state index in [-0.39, 0.29) is 31.6 Å². The quantitative estimate of drug-likeness (QED) is 0.466. The molecule has 2 aromatic rings. The van der Waals surface area contributed by atoms with Crippen molar-refractivity contribution in [2.75, 3.05) is 26.9 Å². The minimum Gasteiger partial charge on any atom is -0.481 e. The van der Waals surface area contributed by atoms with Crippen molar-refractivity contribution in [1.82, 2.24) is 10.6 Å². The molecular formula is C26H32N2O6. The molecule has 2 atom stereocenters. The summed E-state index contributed by atoms with van der Waals surface area (Å²) < 4.78 is 10.6. The summed E-state index contributed by atoms with van der Waals surface area (Å²) in [5, 5.41) is 14.5. The Kier molecular flexibility index (Phi) is 8.65. The van der Waals surface area contributed by atoms with Crippen LogP contribution in [-0.4, -0.2) is 56.0 Å². The summed E-state index contributed by atoms with van der Waals surface area (Å²) in [6.45, 7) is 3.86. The molecule has 0 bridgehead atoms. The predicted molar refractivity (Wildman–Crippen MR) is 127 cm³/mol. The monoisotopic (exact) mass is 468 g/mol. The van der Waals surface area contributed by atoms with Crippen molar-refractivity contribution < 1.29 is 29.0 Å². The van der Waals surface area contributed by atoms with Gasteiger partial charge in [0.2, 0.25) is 5.91 Å². The van der Waals surface area contributed by atoms with Gasteiger partial charge in [0.05, 0.1) is 12.5 Å². The van der Waals surface area contributed by atoms with E-state index >= 15 is 0 Å². The highest BCUT2D eigenvalue weighted by molar-refractivity contribution is 5.86. The van der Waals surface area contributed by atoms with E-state index in [1.165, 1.54) is 7.11 Å². The number of rotatable bonds is 11. The Hall–Kier alpha value is -3.39. The molecule has 1 aliphatic rings. The summed E-state index contributed by atoms with van der Waals surface area (Å²) in [5.41, 5.74) is 4.43. The van der Waals surface area contributed by atoms with Crippen molar-refractivity contribution in [2.24, 2.45) is 11.8 Å². The molecule has 3 N–H and O–H groups in total. The molecule has 3 rings (SSSR count). The van der Waals surface area contributed by atoms with Gasteiger partial charge in [-0.3, -0.25) is 9.59 Å². The maximum atomic E-state index is 12.6. The van der Waals surface area contributed by atoms with Crippen LogP contribution in [0.15, 0.2) is 48.5 Å². The van der Waals surface area contributed by atoms with Gasteiger partial charge < -0.3 is 25.2 Å². The van der Waals surface area contributed by atoms with Crippen LogP contribution < -0.4 is 10.6 Å². The summed E-state index contributed by atoms with van der Waals surface area (Å²) in [6.07, 6.45) is -0.305. The molecule has 2 amide bonds. The summed E-state index contributed by atoms with van der Waals surface area (Å²) in [4.78, 5) is 36.6. The number of carbonyl (C=O) groups excluding carboxylic acids is 2. The van der Waals surface area contributed by atoms with E-state index in [1.54, 1.807) is 0 Å². The Bertz CT molecular complexity index is 976. The third-order valence-corrected chi connectivity index (χ3v) is 5.91. The molecule has 0 aromatic heterocycles. The highest BCUT2D eigenvalue weighted by Gasteiger charge is 2.30. The highest BCUT2D eigenvalue weighted by atomic mass is 16.5. The summed E-state index contributed by atoms with van der Waals surface area (Å²) in [5.74, 6) is -2.12. The first kappa shape index (κ1) is 25.2. The van der Waals surface area contributed by atoms with Crippen LogP contribution in [0.4, 0.5) is 4.79 Å². The van der Waals surface area contributed by atoms with E-state index < -0.39 is 29.9 Å². The van der Waals surface area contributed by atoms with Crippen molar-refractivity contribution in [2.45, 2.75) is 32.2 Å². The van der Waals surface area contributed by atoms with Gasteiger partial charge in [0.25, 0.3) is 0 Å². The van der Waals surface area contributed by atoms with Gasteiger partial charge in [0.15, 0.2) is 0 Å². The zero-order valence-corrected chi connectivity index (χ0v) is 19.7. The first-order valence-electron chi connectivity index (χ1n) is 11.4. The number of aliphatic carboxylic acids is 1. The summed E-state index contributed by atoms with van der Waals surface area (Å²) in [6, 6.07) is 15.0. The number of hydrogen-bond acceptors (Lipinski definition) is 5. The summed E-state index contributed by atoms with van der Waals surface area (Å²) >= 11 is 0. The van der Waals surface area contributed by atoms with Crippen LogP contribution in [-0.2, 0) is 19.1 Å². The average Bonchev–Trinajstić information content (AvgIpc) is 3.13. The van der Waals surface area contributed by atoms with E-state index in [4.69, 9.17) is 9.47 Å². The number of benzene rings is 2. The molecule has 0 saturated heterocycles. The topological polar surface area (TPSA) is 114 Å². The second-order valence-electron chi connectivity index (χ2n) is 8.89. The lowest BCUT2D eigenvalue weighted by atomic mass is 9.97. The van der Waals surface area contributed by atoms with E-state index in [1.807, 2.05) is 50.2 Å². The van der Waals surface area contributed by atoms with Gasteiger partial charge in [0.1, 0.15) is 12.6 Å². The number of carbonyl (C=O) groups is 3. The van der Waals surface area contributed by atoms with Gasteiger partial charge in [-0.15, -0.1) is 0 Å². The fraction of sp³-hybridized carbons (Fsp3) is 0.423. The Morgan fingerprint density at radius 1 is 1.00 bits per heavy atom. The zero-order chi connectivity index (χ0) is 24.7. The van der Waals surface area contributed by atoms with Crippen LogP contribution >= 0.6 is 0 Å². The molecule has 0 aliphatic heterocycles. The Balaban J connectivity index is 1.59. The predicted octanol–water partition coefficient (Wildman–Crippen LogP) is 3.40. The number of amides is 2. The molecule has 8 nitrogen and oxygen atoms in total. The molecule has 0 spiro atoms. The summed E-state index contributed by atoms with van der Waals surface area (Å²) in [7, 11) is 1.42. The molecule has 0 heterocycles. The highest BCUT2D eigenvalue weighted by Crippen LogP contribution is 2.44. The third-order valence-electron chi connectivity index (χ3n) is 5.91. The fourth-order valence-electron chi connectivity index (χ4n) is 4.32. The minimum absolute atomic E-state index is 0.0288. The van der Waals surface area contributed by atoms with Crippen molar-refractivity contribution >= 4 is 18.0 Å². The number of carboxylic acid groups (broad SMARTS) is 1. The van der Waals surface area contributed by atoms with Crippen LogP contribution in [0.2, 0.25) is 0 Å².